The zero-order valence-corrected chi connectivity index (χ0v) is 12.0. The van der Waals surface area contributed by atoms with Gasteiger partial charge in [-0.15, -0.1) is 0 Å². The van der Waals surface area contributed by atoms with Crippen LogP contribution in [0.5, 0.6) is 0 Å². The third-order valence-electron chi connectivity index (χ3n) is 2.91. The summed E-state index contributed by atoms with van der Waals surface area (Å²) in [6, 6.07) is 11.8. The third-order valence-corrected chi connectivity index (χ3v) is 4.97. The lowest BCUT2D eigenvalue weighted by Gasteiger charge is -2.09. The molecule has 0 saturated carbocycles. The highest BCUT2D eigenvalue weighted by atomic mass is 35.5. The van der Waals surface area contributed by atoms with E-state index in [1.165, 1.54) is 0 Å². The lowest BCUT2D eigenvalue weighted by Crippen LogP contribution is -2.08. The van der Waals surface area contributed by atoms with Crippen molar-refractivity contribution in [3.63, 3.8) is 0 Å². The van der Waals surface area contributed by atoms with Crippen LogP contribution in [0.3, 0.4) is 0 Å². The maximum absolute atomic E-state index is 12.4. The average Bonchev–Trinajstić information content (AvgIpc) is 2.32. The van der Waals surface area contributed by atoms with Gasteiger partial charge >= 0.3 is 0 Å². The Hall–Kier alpha value is -1.52. The van der Waals surface area contributed by atoms with Crippen LogP contribution in [0.4, 0.5) is 5.69 Å². The maximum Gasteiger partial charge on any atom is 0.182 e. The quantitative estimate of drug-likeness (QED) is 0.885. The van der Waals surface area contributed by atoms with Gasteiger partial charge in [-0.3, -0.25) is 0 Å². The molecule has 3 nitrogen and oxygen atoms in total. The van der Waals surface area contributed by atoms with Gasteiger partial charge in [-0.1, -0.05) is 29.8 Å². The van der Waals surface area contributed by atoms with Crippen LogP contribution in [-0.2, 0) is 15.6 Å². The van der Waals surface area contributed by atoms with E-state index in [-0.39, 0.29) is 10.6 Å². The zero-order valence-electron chi connectivity index (χ0n) is 10.4. The van der Waals surface area contributed by atoms with Crippen molar-refractivity contribution in [2.24, 2.45) is 0 Å². The van der Waals surface area contributed by atoms with Crippen LogP contribution in [0.25, 0.3) is 0 Å². The first-order valence-electron chi connectivity index (χ1n) is 5.72. The molecule has 0 aliphatic carbocycles. The van der Waals surface area contributed by atoms with Crippen molar-refractivity contribution < 1.29 is 8.42 Å². The monoisotopic (exact) mass is 295 g/mol. The van der Waals surface area contributed by atoms with Crippen molar-refractivity contribution in [1.29, 1.82) is 0 Å². The molecule has 100 valence electrons. The van der Waals surface area contributed by atoms with E-state index in [9.17, 15) is 8.42 Å². The molecule has 0 bridgehead atoms. The van der Waals surface area contributed by atoms with E-state index in [1.54, 1.807) is 49.4 Å². The summed E-state index contributed by atoms with van der Waals surface area (Å²) in [5.74, 6) is -0.0855. The molecule has 0 heterocycles. The molecule has 2 rings (SSSR count). The minimum atomic E-state index is -3.42. The van der Waals surface area contributed by atoms with Crippen LogP contribution in [-0.4, -0.2) is 8.42 Å². The summed E-state index contributed by atoms with van der Waals surface area (Å²) in [5.41, 5.74) is 7.48. The van der Waals surface area contributed by atoms with Crippen molar-refractivity contribution in [2.45, 2.75) is 17.6 Å². The van der Waals surface area contributed by atoms with Gasteiger partial charge in [0.1, 0.15) is 0 Å². The largest absolute Gasteiger partial charge is 0.398 e. The van der Waals surface area contributed by atoms with Gasteiger partial charge in [0.25, 0.3) is 0 Å². The van der Waals surface area contributed by atoms with Gasteiger partial charge in [-0.25, -0.2) is 8.42 Å². The molecule has 0 unspecified atom stereocenters. The van der Waals surface area contributed by atoms with Crippen molar-refractivity contribution >= 4 is 27.1 Å². The molecule has 0 fully saturated rings. The molecule has 0 aromatic heterocycles. The van der Waals surface area contributed by atoms with Crippen molar-refractivity contribution in [3.8, 4) is 0 Å². The SMILES string of the molecule is Cc1c(N)cccc1S(=O)(=O)Cc1cccc(Cl)c1. The molecule has 0 radical (unpaired) electrons. The van der Waals surface area contributed by atoms with Crippen LogP contribution in [0.15, 0.2) is 47.4 Å². The molecular weight excluding hydrogens is 282 g/mol. The summed E-state index contributed by atoms with van der Waals surface area (Å²) in [7, 11) is -3.42. The van der Waals surface area contributed by atoms with Crippen molar-refractivity contribution in [2.75, 3.05) is 5.73 Å². The summed E-state index contributed by atoms with van der Waals surface area (Å²) in [5, 5.41) is 0.525. The van der Waals surface area contributed by atoms with E-state index in [2.05, 4.69) is 0 Å². The Morgan fingerprint density at radius 1 is 1.16 bits per heavy atom. The summed E-state index contributed by atoms with van der Waals surface area (Å²) >= 11 is 5.86. The molecule has 0 aliphatic heterocycles. The summed E-state index contributed by atoms with van der Waals surface area (Å²) in [6.07, 6.45) is 0. The predicted molar refractivity (Wildman–Crippen MR) is 77.9 cm³/mol. The normalized spacial score (nSPS) is 11.5. The number of nitrogen functional groups attached to an aromatic ring is 1. The van der Waals surface area contributed by atoms with Crippen LogP contribution in [0, 0.1) is 6.92 Å². The second kappa shape index (κ2) is 5.23. The van der Waals surface area contributed by atoms with Crippen LogP contribution in [0.1, 0.15) is 11.1 Å². The smallest absolute Gasteiger partial charge is 0.182 e. The number of rotatable bonds is 3. The second-order valence-electron chi connectivity index (χ2n) is 4.36. The fourth-order valence-electron chi connectivity index (χ4n) is 1.89. The zero-order chi connectivity index (χ0) is 14.0. The minimum Gasteiger partial charge on any atom is -0.398 e. The molecule has 0 amide bonds. The first-order valence-corrected chi connectivity index (χ1v) is 7.75. The second-order valence-corrected chi connectivity index (χ2v) is 6.75. The van der Waals surface area contributed by atoms with E-state index in [4.69, 9.17) is 17.3 Å². The summed E-state index contributed by atoms with van der Waals surface area (Å²) < 4.78 is 24.8. The summed E-state index contributed by atoms with van der Waals surface area (Å²) in [6.45, 7) is 1.71. The van der Waals surface area contributed by atoms with Gasteiger partial charge in [0.05, 0.1) is 10.6 Å². The number of anilines is 1. The van der Waals surface area contributed by atoms with Crippen LogP contribution >= 0.6 is 11.6 Å². The Morgan fingerprint density at radius 2 is 1.84 bits per heavy atom. The Bertz CT molecular complexity index is 711. The number of hydrogen-bond donors (Lipinski definition) is 1. The lowest BCUT2D eigenvalue weighted by molar-refractivity contribution is 0.594. The van der Waals surface area contributed by atoms with E-state index in [0.29, 0.717) is 21.8 Å². The van der Waals surface area contributed by atoms with Crippen molar-refractivity contribution in [1.82, 2.24) is 0 Å². The minimum absolute atomic E-state index is 0.0855. The fraction of sp³-hybridized carbons (Fsp3) is 0.143. The number of hydrogen-bond acceptors (Lipinski definition) is 3. The van der Waals surface area contributed by atoms with E-state index < -0.39 is 9.84 Å². The first kappa shape index (κ1) is 13.9. The van der Waals surface area contributed by atoms with Gasteiger partial charge in [-0.05, 0) is 42.3 Å². The molecule has 0 aliphatic rings. The molecule has 2 aromatic rings. The Labute approximate surface area is 117 Å². The highest BCUT2D eigenvalue weighted by Gasteiger charge is 2.18. The van der Waals surface area contributed by atoms with Crippen LogP contribution < -0.4 is 5.73 Å². The molecule has 0 spiro atoms. The topological polar surface area (TPSA) is 60.2 Å². The van der Waals surface area contributed by atoms with Crippen LogP contribution in [0.2, 0.25) is 5.02 Å². The lowest BCUT2D eigenvalue weighted by atomic mass is 10.2. The highest BCUT2D eigenvalue weighted by molar-refractivity contribution is 7.90. The molecule has 0 saturated heterocycles. The van der Waals surface area contributed by atoms with E-state index in [0.717, 1.165) is 0 Å². The van der Waals surface area contributed by atoms with Crippen molar-refractivity contribution in [3.05, 3.63) is 58.6 Å². The maximum atomic E-state index is 12.4. The number of sulfone groups is 1. The van der Waals surface area contributed by atoms with Gasteiger partial charge in [0, 0.05) is 10.7 Å². The number of benzene rings is 2. The molecule has 19 heavy (non-hydrogen) atoms. The standard InChI is InChI=1S/C14H14ClNO2S/c1-10-13(16)6-3-7-14(10)19(17,18)9-11-4-2-5-12(15)8-11/h2-8H,9,16H2,1H3. The summed E-state index contributed by atoms with van der Waals surface area (Å²) in [4.78, 5) is 0.271. The molecule has 2 N–H and O–H groups in total. The third kappa shape index (κ3) is 3.08. The van der Waals surface area contributed by atoms with Gasteiger partial charge in [0.2, 0.25) is 0 Å². The average molecular weight is 296 g/mol. The fourth-order valence-corrected chi connectivity index (χ4v) is 3.75. The highest BCUT2D eigenvalue weighted by Crippen LogP contribution is 2.24. The molecule has 2 aromatic carbocycles. The van der Waals surface area contributed by atoms with E-state index in [1.807, 2.05) is 0 Å². The first-order chi connectivity index (χ1) is 8.90. The van der Waals surface area contributed by atoms with Gasteiger partial charge in [-0.2, -0.15) is 0 Å². The Kier molecular flexibility index (Phi) is 3.83. The molecule has 5 heteroatoms. The van der Waals surface area contributed by atoms with Gasteiger partial charge < -0.3 is 5.73 Å². The van der Waals surface area contributed by atoms with E-state index >= 15 is 0 Å². The predicted octanol–water partition coefficient (Wildman–Crippen LogP) is 3.20. The Morgan fingerprint density at radius 3 is 2.53 bits per heavy atom. The molecule has 0 atom stereocenters. The number of nitrogens with two attached hydrogens (primary N) is 1. The molecular formula is C14H14ClNO2S. The number of halogens is 1. The van der Waals surface area contributed by atoms with Gasteiger partial charge in [0.15, 0.2) is 9.84 Å². The Balaban J connectivity index is 2.41.